The van der Waals surface area contributed by atoms with Crippen molar-refractivity contribution < 1.29 is 14.5 Å². The van der Waals surface area contributed by atoms with Crippen LogP contribution in [0.1, 0.15) is 38.2 Å². The van der Waals surface area contributed by atoms with Crippen molar-refractivity contribution in [2.75, 3.05) is 25.5 Å². The minimum absolute atomic E-state index is 0.0365. The Hall–Kier alpha value is -1.88. The van der Waals surface area contributed by atoms with Crippen LogP contribution >= 0.6 is 0 Å². The van der Waals surface area contributed by atoms with Crippen LogP contribution in [0.4, 0.5) is 5.69 Å². The van der Waals surface area contributed by atoms with Crippen molar-refractivity contribution in [3.05, 3.63) is 29.8 Å². The predicted octanol–water partition coefficient (Wildman–Crippen LogP) is 1.14. The summed E-state index contributed by atoms with van der Waals surface area (Å²) in [6.45, 7) is 4.82. The first-order chi connectivity index (χ1) is 11.4. The van der Waals surface area contributed by atoms with E-state index in [0.717, 1.165) is 22.6 Å². The molecule has 1 aliphatic rings. The summed E-state index contributed by atoms with van der Waals surface area (Å²) in [7, 11) is 1.87. The summed E-state index contributed by atoms with van der Waals surface area (Å²) < 4.78 is 0. The van der Waals surface area contributed by atoms with Gasteiger partial charge in [-0.15, -0.1) is 0 Å². The Labute approximate surface area is 144 Å². The number of quaternary nitrogens is 1. The van der Waals surface area contributed by atoms with Gasteiger partial charge in [-0.05, 0) is 37.8 Å². The molecule has 5 nitrogen and oxygen atoms in total. The van der Waals surface area contributed by atoms with Crippen molar-refractivity contribution in [1.29, 1.82) is 0 Å². The van der Waals surface area contributed by atoms with Crippen LogP contribution in [-0.2, 0) is 9.59 Å². The second kappa shape index (κ2) is 8.83. The van der Waals surface area contributed by atoms with E-state index in [2.05, 4.69) is 17.6 Å². The summed E-state index contributed by atoms with van der Waals surface area (Å²) in [4.78, 5) is 25.1. The molecular formula is C19H30N3O2+. The van der Waals surface area contributed by atoms with E-state index in [9.17, 15) is 9.59 Å². The molecule has 0 spiro atoms. The number of carbonyl (C=O) groups is 2. The number of anilines is 1. The van der Waals surface area contributed by atoms with Crippen molar-refractivity contribution in [2.24, 2.45) is 5.92 Å². The van der Waals surface area contributed by atoms with Crippen LogP contribution in [0.25, 0.3) is 0 Å². The number of hydrogen-bond donors (Lipinski definition) is 3. The number of nitrogens with one attached hydrogen (secondary N) is 3. The monoisotopic (exact) mass is 332 g/mol. The van der Waals surface area contributed by atoms with E-state index in [1.54, 1.807) is 0 Å². The molecule has 24 heavy (non-hydrogen) atoms. The molecule has 132 valence electrons. The fourth-order valence-electron chi connectivity index (χ4n) is 3.24. The molecule has 1 fully saturated rings. The third-order valence-corrected chi connectivity index (χ3v) is 4.72. The first kappa shape index (κ1) is 18.5. The molecule has 0 bridgehead atoms. The normalized spacial score (nSPS) is 21.8. The Morgan fingerprint density at radius 1 is 1.08 bits per heavy atom. The maximum Gasteiger partial charge on any atom is 0.279 e. The second-order valence-electron chi connectivity index (χ2n) is 7.16. The van der Waals surface area contributed by atoms with Gasteiger partial charge in [0.1, 0.15) is 0 Å². The molecule has 1 aromatic carbocycles. The maximum atomic E-state index is 12.2. The number of carbonyl (C=O) groups excluding carboxylic acids is 2. The average Bonchev–Trinajstić information content (AvgIpc) is 2.51. The largest absolute Gasteiger partial charge is 0.348 e. The standard InChI is InChI=1S/C19H29N3O2/c1-14-8-10-16(11-9-14)20-18(23)12-22(3)13-19(24)21-17-7-5-4-6-15(17)2/h8-11,15,17H,4-7,12-13H2,1-3H3,(H,20,23)(H,21,24)/p+1/t15-,17+/m0/s1. The lowest BCUT2D eigenvalue weighted by Crippen LogP contribution is -3.11. The van der Waals surface area contributed by atoms with Crippen LogP contribution in [-0.4, -0.2) is 38.0 Å². The van der Waals surface area contributed by atoms with Crippen LogP contribution < -0.4 is 15.5 Å². The molecule has 1 aliphatic carbocycles. The lowest BCUT2D eigenvalue weighted by Gasteiger charge is -2.29. The number of aryl methyl sites for hydroxylation is 1. The molecule has 0 radical (unpaired) electrons. The molecular weight excluding hydrogens is 302 g/mol. The first-order valence-electron chi connectivity index (χ1n) is 8.91. The summed E-state index contributed by atoms with van der Waals surface area (Å²) in [6, 6.07) is 8.00. The van der Waals surface area contributed by atoms with E-state index in [1.165, 1.54) is 19.3 Å². The molecule has 1 saturated carbocycles. The maximum absolute atomic E-state index is 12.2. The zero-order chi connectivity index (χ0) is 17.5. The molecule has 0 aromatic heterocycles. The molecule has 1 aromatic rings. The van der Waals surface area contributed by atoms with Crippen molar-refractivity contribution in [3.63, 3.8) is 0 Å². The lowest BCUT2D eigenvalue weighted by molar-refractivity contribution is -0.862. The Balaban J connectivity index is 1.73. The highest BCUT2D eigenvalue weighted by Crippen LogP contribution is 2.23. The number of amides is 2. The first-order valence-corrected chi connectivity index (χ1v) is 8.91. The number of rotatable bonds is 6. The fourth-order valence-corrected chi connectivity index (χ4v) is 3.24. The number of likely N-dealkylation sites (N-methyl/N-ethyl adjacent to an activating group) is 1. The van der Waals surface area contributed by atoms with E-state index in [1.807, 2.05) is 38.2 Å². The molecule has 2 rings (SSSR count). The summed E-state index contributed by atoms with van der Waals surface area (Å²) in [5.74, 6) is 0.511. The SMILES string of the molecule is Cc1ccc(NC(=O)C[NH+](C)CC(=O)N[C@@H]2CCCC[C@@H]2C)cc1. The van der Waals surface area contributed by atoms with Crippen LogP contribution in [0.15, 0.2) is 24.3 Å². The Morgan fingerprint density at radius 3 is 2.38 bits per heavy atom. The van der Waals surface area contributed by atoms with Gasteiger partial charge < -0.3 is 15.5 Å². The van der Waals surface area contributed by atoms with Crippen molar-refractivity contribution in [2.45, 2.75) is 45.6 Å². The zero-order valence-corrected chi connectivity index (χ0v) is 15.0. The highest BCUT2D eigenvalue weighted by molar-refractivity contribution is 5.91. The summed E-state index contributed by atoms with van der Waals surface area (Å²) in [5, 5.41) is 6.01. The molecule has 1 unspecified atom stereocenters. The van der Waals surface area contributed by atoms with Gasteiger partial charge in [0.05, 0.1) is 7.05 Å². The summed E-state index contributed by atoms with van der Waals surface area (Å²) >= 11 is 0. The van der Waals surface area contributed by atoms with Crippen molar-refractivity contribution in [1.82, 2.24) is 5.32 Å². The highest BCUT2D eigenvalue weighted by Gasteiger charge is 2.24. The molecule has 2 amide bonds. The molecule has 3 atom stereocenters. The van der Waals surface area contributed by atoms with Gasteiger partial charge in [0.2, 0.25) is 0 Å². The van der Waals surface area contributed by atoms with Gasteiger partial charge in [-0.3, -0.25) is 9.59 Å². The Bertz CT molecular complexity index is 556. The van der Waals surface area contributed by atoms with Gasteiger partial charge in [-0.2, -0.15) is 0 Å². The van der Waals surface area contributed by atoms with Crippen LogP contribution in [0.5, 0.6) is 0 Å². The van der Waals surface area contributed by atoms with Crippen molar-refractivity contribution in [3.8, 4) is 0 Å². The van der Waals surface area contributed by atoms with Gasteiger partial charge in [0.25, 0.3) is 11.8 Å². The highest BCUT2D eigenvalue weighted by atomic mass is 16.2. The predicted molar refractivity (Wildman–Crippen MR) is 96.0 cm³/mol. The minimum atomic E-state index is -0.0739. The summed E-state index contributed by atoms with van der Waals surface area (Å²) in [5.41, 5.74) is 1.95. The van der Waals surface area contributed by atoms with Gasteiger partial charge in [-0.1, -0.05) is 37.5 Å². The molecule has 0 heterocycles. The smallest absolute Gasteiger partial charge is 0.279 e. The topological polar surface area (TPSA) is 62.6 Å². The van der Waals surface area contributed by atoms with Crippen molar-refractivity contribution >= 4 is 17.5 Å². The number of hydrogen-bond acceptors (Lipinski definition) is 2. The lowest BCUT2D eigenvalue weighted by atomic mass is 9.86. The zero-order valence-electron chi connectivity index (χ0n) is 15.0. The molecule has 0 aliphatic heterocycles. The fraction of sp³-hybridized carbons (Fsp3) is 0.579. The van der Waals surface area contributed by atoms with Crippen LogP contribution in [0, 0.1) is 12.8 Å². The van der Waals surface area contributed by atoms with Gasteiger partial charge >= 0.3 is 0 Å². The Kier molecular flexibility index (Phi) is 6.79. The third-order valence-electron chi connectivity index (χ3n) is 4.72. The molecule has 3 N–H and O–H groups in total. The van der Waals surface area contributed by atoms with Crippen LogP contribution in [0.2, 0.25) is 0 Å². The second-order valence-corrected chi connectivity index (χ2v) is 7.16. The van der Waals surface area contributed by atoms with E-state index in [4.69, 9.17) is 0 Å². The summed E-state index contributed by atoms with van der Waals surface area (Å²) in [6.07, 6.45) is 4.71. The quantitative estimate of drug-likeness (QED) is 0.732. The number of benzene rings is 1. The third kappa shape index (κ3) is 5.96. The van der Waals surface area contributed by atoms with E-state index < -0.39 is 0 Å². The van der Waals surface area contributed by atoms with Gasteiger partial charge in [-0.25, -0.2) is 0 Å². The average molecular weight is 332 g/mol. The van der Waals surface area contributed by atoms with E-state index >= 15 is 0 Å². The minimum Gasteiger partial charge on any atom is -0.348 e. The van der Waals surface area contributed by atoms with E-state index in [0.29, 0.717) is 18.5 Å². The van der Waals surface area contributed by atoms with E-state index in [-0.39, 0.29) is 18.4 Å². The Morgan fingerprint density at radius 2 is 1.71 bits per heavy atom. The van der Waals surface area contributed by atoms with Crippen LogP contribution in [0.3, 0.4) is 0 Å². The van der Waals surface area contributed by atoms with Gasteiger partial charge in [0, 0.05) is 11.7 Å². The van der Waals surface area contributed by atoms with Gasteiger partial charge in [0.15, 0.2) is 13.1 Å². The molecule has 0 saturated heterocycles. The molecule has 5 heteroatoms.